The van der Waals surface area contributed by atoms with E-state index in [1.807, 2.05) is 43.5 Å². The van der Waals surface area contributed by atoms with Crippen molar-refractivity contribution in [3.63, 3.8) is 0 Å². The van der Waals surface area contributed by atoms with Crippen molar-refractivity contribution in [1.82, 2.24) is 0 Å². The standard InChI is InChI=1S/C11H15NOS/c1-3-12(11(13)9-14-2)10-7-5-4-6-8-10/h4-8H,3,9H2,1-2H3. The zero-order valence-corrected chi connectivity index (χ0v) is 9.38. The molecule has 1 aromatic carbocycles. The molecule has 1 amide bonds. The number of anilines is 1. The minimum Gasteiger partial charge on any atom is -0.312 e. The van der Waals surface area contributed by atoms with E-state index >= 15 is 0 Å². The molecule has 3 heteroatoms. The van der Waals surface area contributed by atoms with E-state index in [0.29, 0.717) is 5.75 Å². The van der Waals surface area contributed by atoms with Crippen LogP contribution in [0.15, 0.2) is 30.3 Å². The first-order valence-corrected chi connectivity index (χ1v) is 6.03. The zero-order valence-electron chi connectivity index (χ0n) is 8.56. The predicted octanol–water partition coefficient (Wildman–Crippen LogP) is 2.40. The fourth-order valence-electron chi connectivity index (χ4n) is 1.31. The molecule has 0 saturated carbocycles. The Morgan fingerprint density at radius 3 is 2.50 bits per heavy atom. The van der Waals surface area contributed by atoms with Crippen LogP contribution < -0.4 is 4.90 Å². The molecule has 0 fully saturated rings. The molecule has 2 nitrogen and oxygen atoms in total. The molecular weight excluding hydrogens is 194 g/mol. The molecule has 0 radical (unpaired) electrons. The van der Waals surface area contributed by atoms with Crippen LogP contribution in [0, 0.1) is 0 Å². The summed E-state index contributed by atoms with van der Waals surface area (Å²) < 4.78 is 0. The maximum Gasteiger partial charge on any atom is 0.236 e. The van der Waals surface area contributed by atoms with Gasteiger partial charge in [-0.1, -0.05) is 18.2 Å². The number of carbonyl (C=O) groups excluding carboxylic acids is 1. The first kappa shape index (κ1) is 11.1. The highest BCUT2D eigenvalue weighted by Crippen LogP contribution is 2.13. The third-order valence-electron chi connectivity index (χ3n) is 1.95. The third-order valence-corrected chi connectivity index (χ3v) is 2.49. The summed E-state index contributed by atoms with van der Waals surface area (Å²) in [5.74, 6) is 0.717. The molecule has 76 valence electrons. The van der Waals surface area contributed by atoms with Gasteiger partial charge in [0, 0.05) is 12.2 Å². The summed E-state index contributed by atoms with van der Waals surface area (Å²) in [6, 6.07) is 9.77. The summed E-state index contributed by atoms with van der Waals surface area (Å²) in [4.78, 5) is 13.5. The number of para-hydroxylation sites is 1. The second-order valence-electron chi connectivity index (χ2n) is 2.91. The Bertz CT molecular complexity index is 287. The van der Waals surface area contributed by atoms with Crippen LogP contribution in [0.25, 0.3) is 0 Å². The fourth-order valence-corrected chi connectivity index (χ4v) is 1.72. The first-order chi connectivity index (χ1) is 6.79. The van der Waals surface area contributed by atoms with Crippen molar-refractivity contribution in [2.75, 3.05) is 23.5 Å². The van der Waals surface area contributed by atoms with E-state index in [1.54, 1.807) is 16.7 Å². The van der Waals surface area contributed by atoms with Crippen LogP contribution in [-0.2, 0) is 4.79 Å². The van der Waals surface area contributed by atoms with Gasteiger partial charge in [-0.3, -0.25) is 4.79 Å². The summed E-state index contributed by atoms with van der Waals surface area (Å²) >= 11 is 1.56. The SMILES string of the molecule is CCN(C(=O)CSC)c1ccccc1. The number of rotatable bonds is 4. The van der Waals surface area contributed by atoms with E-state index in [1.165, 1.54) is 0 Å². The molecule has 1 aromatic rings. The van der Waals surface area contributed by atoms with Crippen molar-refractivity contribution in [1.29, 1.82) is 0 Å². The number of benzene rings is 1. The second kappa shape index (κ2) is 5.70. The van der Waals surface area contributed by atoms with Gasteiger partial charge in [-0.15, -0.1) is 0 Å². The van der Waals surface area contributed by atoms with Gasteiger partial charge in [-0.25, -0.2) is 0 Å². The van der Waals surface area contributed by atoms with Crippen LogP contribution in [0.2, 0.25) is 0 Å². The minimum atomic E-state index is 0.172. The van der Waals surface area contributed by atoms with Crippen molar-refractivity contribution >= 4 is 23.4 Å². The Hall–Kier alpha value is -0.960. The monoisotopic (exact) mass is 209 g/mol. The van der Waals surface area contributed by atoms with Gasteiger partial charge < -0.3 is 4.90 Å². The van der Waals surface area contributed by atoms with Crippen LogP contribution >= 0.6 is 11.8 Å². The average Bonchev–Trinajstić information content (AvgIpc) is 2.21. The molecule has 0 saturated heterocycles. The third kappa shape index (κ3) is 2.77. The average molecular weight is 209 g/mol. The molecule has 0 heterocycles. The van der Waals surface area contributed by atoms with E-state index in [0.717, 1.165) is 12.2 Å². The van der Waals surface area contributed by atoms with E-state index in [2.05, 4.69) is 0 Å². The molecule has 1 rings (SSSR count). The van der Waals surface area contributed by atoms with E-state index in [9.17, 15) is 4.79 Å². The highest BCUT2D eigenvalue weighted by Gasteiger charge is 2.11. The number of nitrogens with zero attached hydrogens (tertiary/aromatic N) is 1. The van der Waals surface area contributed by atoms with Crippen LogP contribution in [0.1, 0.15) is 6.92 Å². The normalized spacial score (nSPS) is 9.86. The van der Waals surface area contributed by atoms with Crippen LogP contribution in [-0.4, -0.2) is 24.5 Å². The van der Waals surface area contributed by atoms with E-state index < -0.39 is 0 Å². The molecule has 0 atom stereocenters. The minimum absolute atomic E-state index is 0.172. The Labute approximate surface area is 89.3 Å². The smallest absolute Gasteiger partial charge is 0.236 e. The summed E-state index contributed by atoms with van der Waals surface area (Å²) in [6.07, 6.45) is 1.94. The number of hydrogen-bond acceptors (Lipinski definition) is 2. The maximum atomic E-state index is 11.7. The van der Waals surface area contributed by atoms with Crippen LogP contribution in [0.4, 0.5) is 5.69 Å². The van der Waals surface area contributed by atoms with Crippen LogP contribution in [0.5, 0.6) is 0 Å². The molecular formula is C11H15NOS. The van der Waals surface area contributed by atoms with Crippen molar-refractivity contribution in [2.45, 2.75) is 6.92 Å². The molecule has 0 aliphatic carbocycles. The molecule has 0 aliphatic rings. The summed E-state index contributed by atoms with van der Waals surface area (Å²) in [5, 5.41) is 0. The van der Waals surface area contributed by atoms with Gasteiger partial charge in [0.2, 0.25) is 5.91 Å². The van der Waals surface area contributed by atoms with Gasteiger partial charge in [0.1, 0.15) is 0 Å². The van der Waals surface area contributed by atoms with E-state index in [-0.39, 0.29) is 5.91 Å². The van der Waals surface area contributed by atoms with Gasteiger partial charge in [0.25, 0.3) is 0 Å². The molecule has 0 aliphatic heterocycles. The van der Waals surface area contributed by atoms with Crippen molar-refractivity contribution in [2.24, 2.45) is 0 Å². The lowest BCUT2D eigenvalue weighted by atomic mass is 10.3. The molecule has 0 aromatic heterocycles. The first-order valence-electron chi connectivity index (χ1n) is 4.64. The van der Waals surface area contributed by atoms with Gasteiger partial charge >= 0.3 is 0 Å². The van der Waals surface area contributed by atoms with Gasteiger partial charge in [-0.2, -0.15) is 11.8 Å². The highest BCUT2D eigenvalue weighted by atomic mass is 32.2. The van der Waals surface area contributed by atoms with Crippen molar-refractivity contribution in [3.05, 3.63) is 30.3 Å². The molecule has 0 unspecified atom stereocenters. The predicted molar refractivity (Wildman–Crippen MR) is 62.9 cm³/mol. The Balaban J connectivity index is 2.77. The van der Waals surface area contributed by atoms with Gasteiger partial charge in [-0.05, 0) is 25.3 Å². The molecule has 0 bridgehead atoms. The molecule has 14 heavy (non-hydrogen) atoms. The maximum absolute atomic E-state index is 11.7. The number of amides is 1. The molecule has 0 N–H and O–H groups in total. The Kier molecular flexibility index (Phi) is 4.53. The fraction of sp³-hybridized carbons (Fsp3) is 0.364. The largest absolute Gasteiger partial charge is 0.312 e. The number of thioether (sulfide) groups is 1. The number of carbonyl (C=O) groups is 1. The Morgan fingerprint density at radius 2 is 2.00 bits per heavy atom. The summed E-state index contributed by atoms with van der Waals surface area (Å²) in [6.45, 7) is 2.72. The Morgan fingerprint density at radius 1 is 1.36 bits per heavy atom. The lowest BCUT2D eigenvalue weighted by Crippen LogP contribution is -2.31. The quantitative estimate of drug-likeness (QED) is 0.759. The van der Waals surface area contributed by atoms with Gasteiger partial charge in [0.15, 0.2) is 0 Å². The lowest BCUT2D eigenvalue weighted by Gasteiger charge is -2.20. The molecule has 0 spiro atoms. The van der Waals surface area contributed by atoms with Gasteiger partial charge in [0.05, 0.1) is 5.75 Å². The zero-order chi connectivity index (χ0) is 10.4. The van der Waals surface area contributed by atoms with Crippen molar-refractivity contribution < 1.29 is 4.79 Å². The van der Waals surface area contributed by atoms with Crippen molar-refractivity contribution in [3.8, 4) is 0 Å². The highest BCUT2D eigenvalue weighted by molar-refractivity contribution is 7.99. The summed E-state index contributed by atoms with van der Waals surface area (Å²) in [5.41, 5.74) is 0.981. The summed E-state index contributed by atoms with van der Waals surface area (Å²) in [7, 11) is 0. The lowest BCUT2D eigenvalue weighted by molar-refractivity contribution is -0.116. The second-order valence-corrected chi connectivity index (χ2v) is 3.77. The van der Waals surface area contributed by atoms with E-state index in [4.69, 9.17) is 0 Å². The topological polar surface area (TPSA) is 20.3 Å². The van der Waals surface area contributed by atoms with Crippen LogP contribution in [0.3, 0.4) is 0 Å². The number of hydrogen-bond donors (Lipinski definition) is 0.